The molecule has 0 spiro atoms. The summed E-state index contributed by atoms with van der Waals surface area (Å²) in [6, 6.07) is 3.04. The van der Waals surface area contributed by atoms with Crippen molar-refractivity contribution in [3.63, 3.8) is 0 Å². The highest BCUT2D eigenvalue weighted by molar-refractivity contribution is 7.17. The van der Waals surface area contributed by atoms with Crippen molar-refractivity contribution in [2.75, 3.05) is 0 Å². The molecule has 0 atom stereocenters. The number of nitrogens with zero attached hydrogens (tertiary/aromatic N) is 4. The van der Waals surface area contributed by atoms with E-state index in [2.05, 4.69) is 25.3 Å². The average Bonchev–Trinajstić information content (AvgIpc) is 2.96. The Balaban J connectivity index is 1.76. The van der Waals surface area contributed by atoms with Crippen LogP contribution in [-0.2, 0) is 6.54 Å². The molecule has 8 heteroatoms. The van der Waals surface area contributed by atoms with Gasteiger partial charge in [-0.1, -0.05) is 0 Å². The Morgan fingerprint density at radius 3 is 2.83 bits per heavy atom. The van der Waals surface area contributed by atoms with Crippen molar-refractivity contribution >= 4 is 17.2 Å². The van der Waals surface area contributed by atoms with Gasteiger partial charge >= 0.3 is 0 Å². The van der Waals surface area contributed by atoms with E-state index in [1.807, 2.05) is 0 Å². The van der Waals surface area contributed by atoms with Crippen LogP contribution in [0.25, 0.3) is 10.6 Å². The first kappa shape index (κ1) is 15.2. The van der Waals surface area contributed by atoms with Gasteiger partial charge in [0.05, 0.1) is 18.4 Å². The fraction of sp³-hybridized carbons (Fsp3) is 0.133. The zero-order chi connectivity index (χ0) is 16.2. The number of nitrogens with one attached hydrogen (secondary N) is 1. The van der Waals surface area contributed by atoms with Crippen molar-refractivity contribution < 1.29 is 9.18 Å². The molecule has 0 radical (unpaired) electrons. The molecule has 3 rings (SSSR count). The van der Waals surface area contributed by atoms with Gasteiger partial charge in [0.25, 0.3) is 5.91 Å². The fourth-order valence-electron chi connectivity index (χ4n) is 1.92. The minimum atomic E-state index is -0.442. The number of hydrogen-bond donors (Lipinski definition) is 1. The van der Waals surface area contributed by atoms with Gasteiger partial charge in [0.1, 0.15) is 21.5 Å². The van der Waals surface area contributed by atoms with E-state index in [-0.39, 0.29) is 12.5 Å². The third-order valence-electron chi connectivity index (χ3n) is 2.98. The molecule has 0 bridgehead atoms. The summed E-state index contributed by atoms with van der Waals surface area (Å²) in [5, 5.41) is 3.30. The third kappa shape index (κ3) is 3.54. The van der Waals surface area contributed by atoms with Crippen LogP contribution in [0.3, 0.4) is 0 Å². The van der Waals surface area contributed by atoms with Gasteiger partial charge in [-0.25, -0.2) is 19.3 Å². The Hall–Kier alpha value is -2.74. The highest BCUT2D eigenvalue weighted by atomic mass is 32.1. The third-order valence-corrected chi connectivity index (χ3v) is 4.19. The number of thiazole rings is 1. The second-order valence-electron chi connectivity index (χ2n) is 4.67. The Bertz CT molecular complexity index is 837. The lowest BCUT2D eigenvalue weighted by Crippen LogP contribution is -2.23. The zero-order valence-corrected chi connectivity index (χ0v) is 13.0. The summed E-state index contributed by atoms with van der Waals surface area (Å²) in [7, 11) is 0. The Morgan fingerprint density at radius 2 is 2.09 bits per heavy atom. The summed E-state index contributed by atoms with van der Waals surface area (Å²) in [6.45, 7) is 1.97. The molecule has 0 saturated heterocycles. The number of carbonyl (C=O) groups is 1. The van der Waals surface area contributed by atoms with Crippen LogP contribution in [0, 0.1) is 12.7 Å². The van der Waals surface area contributed by atoms with Crippen molar-refractivity contribution in [1.82, 2.24) is 25.3 Å². The van der Waals surface area contributed by atoms with Crippen LogP contribution in [0.4, 0.5) is 4.39 Å². The van der Waals surface area contributed by atoms with E-state index < -0.39 is 5.82 Å². The molecule has 0 saturated carbocycles. The lowest BCUT2D eigenvalue weighted by molar-refractivity contribution is 0.0953. The summed E-state index contributed by atoms with van der Waals surface area (Å²) >= 11 is 1.19. The van der Waals surface area contributed by atoms with Gasteiger partial charge in [0, 0.05) is 24.2 Å². The molecular weight excluding hydrogens is 317 g/mol. The first-order chi connectivity index (χ1) is 11.1. The van der Waals surface area contributed by atoms with Crippen molar-refractivity contribution in [2.45, 2.75) is 13.5 Å². The van der Waals surface area contributed by atoms with Gasteiger partial charge in [0.2, 0.25) is 0 Å². The zero-order valence-electron chi connectivity index (χ0n) is 12.2. The molecule has 0 aromatic carbocycles. The van der Waals surface area contributed by atoms with Crippen LogP contribution in [0.15, 0.2) is 36.9 Å². The van der Waals surface area contributed by atoms with Crippen LogP contribution >= 0.6 is 11.3 Å². The first-order valence-electron chi connectivity index (χ1n) is 6.76. The van der Waals surface area contributed by atoms with E-state index >= 15 is 0 Å². The molecule has 0 aliphatic carbocycles. The van der Waals surface area contributed by atoms with Crippen molar-refractivity contribution in [3.8, 4) is 10.6 Å². The van der Waals surface area contributed by atoms with Gasteiger partial charge in [-0.05, 0) is 19.1 Å². The predicted octanol–water partition coefficient (Wildman–Crippen LogP) is 2.37. The van der Waals surface area contributed by atoms with Gasteiger partial charge < -0.3 is 5.32 Å². The number of halogens is 1. The van der Waals surface area contributed by atoms with Crippen molar-refractivity contribution in [3.05, 3.63) is 59.1 Å². The molecule has 3 aromatic rings. The summed E-state index contributed by atoms with van der Waals surface area (Å²) in [5.74, 6) is -0.178. The molecule has 0 unspecified atom stereocenters. The van der Waals surface area contributed by atoms with E-state index in [0.29, 0.717) is 27.0 Å². The minimum Gasteiger partial charge on any atom is -0.344 e. The summed E-state index contributed by atoms with van der Waals surface area (Å²) in [4.78, 5) is 28.9. The van der Waals surface area contributed by atoms with E-state index in [1.54, 1.807) is 25.4 Å². The number of rotatable bonds is 4. The first-order valence-corrected chi connectivity index (χ1v) is 7.57. The number of aryl methyl sites for hydroxylation is 1. The highest BCUT2D eigenvalue weighted by Gasteiger charge is 2.16. The maximum absolute atomic E-state index is 13.2. The van der Waals surface area contributed by atoms with E-state index in [1.165, 1.54) is 23.6 Å². The topological polar surface area (TPSA) is 80.7 Å². The molecule has 6 nitrogen and oxygen atoms in total. The number of amides is 1. The largest absolute Gasteiger partial charge is 0.344 e. The summed E-state index contributed by atoms with van der Waals surface area (Å²) in [6.07, 6.45) is 5.86. The Morgan fingerprint density at radius 1 is 1.30 bits per heavy atom. The van der Waals surface area contributed by atoms with Crippen LogP contribution < -0.4 is 5.32 Å². The molecule has 1 amide bonds. The number of hydrogen-bond acceptors (Lipinski definition) is 6. The summed E-state index contributed by atoms with van der Waals surface area (Å²) < 4.78 is 13.2. The van der Waals surface area contributed by atoms with Crippen LogP contribution in [0.5, 0.6) is 0 Å². The van der Waals surface area contributed by atoms with Gasteiger partial charge in [-0.2, -0.15) is 0 Å². The average molecular weight is 329 g/mol. The monoisotopic (exact) mass is 329 g/mol. The molecule has 3 aromatic heterocycles. The fourth-order valence-corrected chi connectivity index (χ4v) is 2.88. The van der Waals surface area contributed by atoms with Crippen LogP contribution in [-0.4, -0.2) is 25.8 Å². The van der Waals surface area contributed by atoms with Crippen molar-refractivity contribution in [2.24, 2.45) is 0 Å². The molecule has 1 N–H and O–H groups in total. The van der Waals surface area contributed by atoms with Crippen LogP contribution in [0.2, 0.25) is 0 Å². The molecule has 23 heavy (non-hydrogen) atoms. The molecule has 0 aliphatic rings. The standard InChI is InChI=1S/C15H12FN5OS/c1-9-13(14(22)20-8-12-18-3-2-4-19-12)23-15(21-9)10-5-11(16)7-17-6-10/h2-7H,8H2,1H3,(H,20,22). The second kappa shape index (κ2) is 6.57. The van der Waals surface area contributed by atoms with Gasteiger partial charge in [-0.3, -0.25) is 9.78 Å². The lowest BCUT2D eigenvalue weighted by Gasteiger charge is -2.02. The minimum absolute atomic E-state index is 0.230. The smallest absolute Gasteiger partial charge is 0.263 e. The molecule has 0 aliphatic heterocycles. The maximum atomic E-state index is 13.2. The van der Waals surface area contributed by atoms with Crippen molar-refractivity contribution in [1.29, 1.82) is 0 Å². The Labute approximate surface area is 135 Å². The van der Waals surface area contributed by atoms with E-state index in [4.69, 9.17) is 0 Å². The van der Waals surface area contributed by atoms with E-state index in [0.717, 1.165) is 6.20 Å². The molecule has 116 valence electrons. The molecule has 3 heterocycles. The SMILES string of the molecule is Cc1nc(-c2cncc(F)c2)sc1C(=O)NCc1ncccn1. The lowest BCUT2D eigenvalue weighted by atomic mass is 10.3. The summed E-state index contributed by atoms with van der Waals surface area (Å²) in [5.41, 5.74) is 1.13. The Kier molecular flexibility index (Phi) is 4.33. The normalized spacial score (nSPS) is 10.5. The van der Waals surface area contributed by atoms with Gasteiger partial charge in [-0.15, -0.1) is 11.3 Å². The number of pyridine rings is 1. The van der Waals surface area contributed by atoms with Crippen LogP contribution in [0.1, 0.15) is 21.2 Å². The highest BCUT2D eigenvalue weighted by Crippen LogP contribution is 2.27. The quantitative estimate of drug-likeness (QED) is 0.795. The number of aromatic nitrogens is 4. The predicted molar refractivity (Wildman–Crippen MR) is 83.2 cm³/mol. The molecular formula is C15H12FN5OS. The van der Waals surface area contributed by atoms with E-state index in [9.17, 15) is 9.18 Å². The van der Waals surface area contributed by atoms with Gasteiger partial charge in [0.15, 0.2) is 0 Å². The maximum Gasteiger partial charge on any atom is 0.263 e. The number of carbonyl (C=O) groups excluding carboxylic acids is 1. The second-order valence-corrected chi connectivity index (χ2v) is 5.67. The molecule has 0 fully saturated rings.